The Morgan fingerprint density at radius 1 is 1.42 bits per heavy atom. The van der Waals surface area contributed by atoms with Gasteiger partial charge in [0.25, 0.3) is 0 Å². The predicted octanol–water partition coefficient (Wildman–Crippen LogP) is 1.08. The molecule has 0 saturated carbocycles. The molecule has 110 valence electrons. The van der Waals surface area contributed by atoms with Crippen LogP contribution in [0.15, 0.2) is 5.16 Å². The molecule has 0 spiro atoms. The molecule has 6 nitrogen and oxygen atoms in total. The fourth-order valence-corrected chi connectivity index (χ4v) is 2.54. The number of amidine groups is 1. The monoisotopic (exact) mass is 271 g/mol. The summed E-state index contributed by atoms with van der Waals surface area (Å²) in [6.07, 6.45) is 1.79. The molecule has 1 saturated heterocycles. The second-order valence-corrected chi connectivity index (χ2v) is 5.68. The Morgan fingerprint density at radius 3 is 2.47 bits per heavy atom. The molecule has 1 aliphatic rings. The Kier molecular flexibility index (Phi) is 5.60. The summed E-state index contributed by atoms with van der Waals surface area (Å²) in [5.74, 6) is 0.314. The number of carbonyl (C=O) groups excluding carboxylic acids is 1. The van der Waals surface area contributed by atoms with Crippen LogP contribution in [0, 0.1) is 11.3 Å². The number of hydrogen-bond acceptors (Lipinski definition) is 4. The lowest BCUT2D eigenvalue weighted by Gasteiger charge is -2.35. The van der Waals surface area contributed by atoms with Gasteiger partial charge in [-0.3, -0.25) is 4.79 Å². The lowest BCUT2D eigenvalue weighted by molar-refractivity contribution is -0.132. The molecule has 1 amide bonds. The van der Waals surface area contributed by atoms with Crippen LogP contribution in [0.4, 0.5) is 0 Å². The molecule has 0 radical (unpaired) electrons. The molecule has 1 atom stereocenters. The number of nitrogens with one attached hydrogen (secondary N) is 1. The lowest BCUT2D eigenvalue weighted by atomic mass is 9.78. The summed E-state index contributed by atoms with van der Waals surface area (Å²) in [6.45, 7) is 7.08. The van der Waals surface area contributed by atoms with Gasteiger partial charge < -0.3 is 21.0 Å². The summed E-state index contributed by atoms with van der Waals surface area (Å²) in [5.41, 5.74) is 4.81. The van der Waals surface area contributed by atoms with Gasteiger partial charge in [0.2, 0.25) is 5.91 Å². The van der Waals surface area contributed by atoms with Crippen LogP contribution in [0.1, 0.15) is 40.0 Å². The Bertz CT molecular complexity index is 336. The third kappa shape index (κ3) is 3.83. The van der Waals surface area contributed by atoms with Crippen LogP contribution < -0.4 is 11.1 Å². The first-order valence-electron chi connectivity index (χ1n) is 6.79. The molecule has 1 fully saturated rings. The van der Waals surface area contributed by atoms with Gasteiger partial charge in [0.15, 0.2) is 5.84 Å². The molecule has 1 aliphatic heterocycles. The minimum atomic E-state index is -0.932. The predicted molar refractivity (Wildman–Crippen MR) is 73.0 cm³/mol. The lowest BCUT2D eigenvalue weighted by Crippen LogP contribution is -2.54. The number of nitrogens with zero attached hydrogens (tertiary/aromatic N) is 1. The highest BCUT2D eigenvalue weighted by atomic mass is 16.5. The molecule has 1 unspecified atom stereocenters. The van der Waals surface area contributed by atoms with Crippen LogP contribution >= 0.6 is 0 Å². The third-order valence-corrected chi connectivity index (χ3v) is 3.58. The Balaban J connectivity index is 2.78. The van der Waals surface area contributed by atoms with E-state index in [-0.39, 0.29) is 17.8 Å². The van der Waals surface area contributed by atoms with Crippen molar-refractivity contribution in [1.29, 1.82) is 0 Å². The maximum absolute atomic E-state index is 12.5. The van der Waals surface area contributed by atoms with Gasteiger partial charge in [0.05, 0.1) is 0 Å². The van der Waals surface area contributed by atoms with Crippen LogP contribution in [-0.4, -0.2) is 36.2 Å². The zero-order chi connectivity index (χ0) is 14.5. The van der Waals surface area contributed by atoms with E-state index in [4.69, 9.17) is 15.7 Å². The number of nitrogens with two attached hydrogens (primary N) is 1. The van der Waals surface area contributed by atoms with Crippen LogP contribution in [0.25, 0.3) is 0 Å². The van der Waals surface area contributed by atoms with Crippen molar-refractivity contribution in [3.63, 3.8) is 0 Å². The van der Waals surface area contributed by atoms with Gasteiger partial charge in [-0.15, -0.1) is 0 Å². The maximum Gasteiger partial charge on any atom is 0.234 e. The molecular formula is C13H25N3O3. The second kappa shape index (κ2) is 6.75. The first kappa shape index (κ1) is 15.8. The van der Waals surface area contributed by atoms with E-state index in [2.05, 4.69) is 24.3 Å². The quantitative estimate of drug-likeness (QED) is 0.302. The molecule has 19 heavy (non-hydrogen) atoms. The van der Waals surface area contributed by atoms with Gasteiger partial charge in [0, 0.05) is 19.3 Å². The number of rotatable bonds is 5. The number of carbonyl (C=O) groups is 1. The standard InChI is InChI=1S/C13H25N3O3/c1-9(2)8-10(3)15-12(17)13(11(14)16-18)4-6-19-7-5-13/h9-10,18H,4-8H2,1-3H3,(H2,14,16)(H,15,17). The summed E-state index contributed by atoms with van der Waals surface area (Å²) < 4.78 is 5.27. The summed E-state index contributed by atoms with van der Waals surface area (Å²) in [4.78, 5) is 12.5. The molecular weight excluding hydrogens is 246 g/mol. The smallest absolute Gasteiger partial charge is 0.234 e. The van der Waals surface area contributed by atoms with Crippen molar-refractivity contribution in [2.45, 2.75) is 46.1 Å². The van der Waals surface area contributed by atoms with Gasteiger partial charge in [-0.25, -0.2) is 0 Å². The molecule has 4 N–H and O–H groups in total. The first-order chi connectivity index (χ1) is 8.92. The van der Waals surface area contributed by atoms with Crippen molar-refractivity contribution in [2.75, 3.05) is 13.2 Å². The van der Waals surface area contributed by atoms with Crippen molar-refractivity contribution in [3.05, 3.63) is 0 Å². The average molecular weight is 271 g/mol. The van der Waals surface area contributed by atoms with Crippen molar-refractivity contribution >= 4 is 11.7 Å². The molecule has 6 heteroatoms. The van der Waals surface area contributed by atoms with E-state index in [0.717, 1.165) is 6.42 Å². The highest BCUT2D eigenvalue weighted by Gasteiger charge is 2.44. The molecule has 1 rings (SSSR count). The van der Waals surface area contributed by atoms with Crippen LogP contribution in [-0.2, 0) is 9.53 Å². The van der Waals surface area contributed by atoms with Crippen LogP contribution in [0.2, 0.25) is 0 Å². The van der Waals surface area contributed by atoms with Crippen molar-refractivity contribution in [2.24, 2.45) is 22.2 Å². The first-order valence-corrected chi connectivity index (χ1v) is 6.79. The summed E-state index contributed by atoms with van der Waals surface area (Å²) in [6, 6.07) is 0.0683. The van der Waals surface area contributed by atoms with Crippen molar-refractivity contribution < 1.29 is 14.7 Å². The summed E-state index contributed by atoms with van der Waals surface area (Å²) in [7, 11) is 0. The minimum absolute atomic E-state index is 0.0231. The van der Waals surface area contributed by atoms with E-state index in [0.29, 0.717) is 32.0 Å². The number of hydrogen-bond donors (Lipinski definition) is 3. The van der Waals surface area contributed by atoms with E-state index < -0.39 is 5.41 Å². The SMILES string of the molecule is CC(C)CC(C)NC(=O)C1(C(N)=NO)CCOCC1. The van der Waals surface area contributed by atoms with Gasteiger partial charge in [-0.05, 0) is 32.1 Å². The van der Waals surface area contributed by atoms with Gasteiger partial charge >= 0.3 is 0 Å². The Labute approximate surface area is 114 Å². The van der Waals surface area contributed by atoms with Crippen LogP contribution in [0.5, 0.6) is 0 Å². The van der Waals surface area contributed by atoms with Gasteiger partial charge in [-0.2, -0.15) is 0 Å². The van der Waals surface area contributed by atoms with E-state index in [1.165, 1.54) is 0 Å². The number of amides is 1. The molecule has 1 heterocycles. The van der Waals surface area contributed by atoms with Gasteiger partial charge in [0.1, 0.15) is 5.41 Å². The fraction of sp³-hybridized carbons (Fsp3) is 0.846. The van der Waals surface area contributed by atoms with Crippen molar-refractivity contribution in [3.8, 4) is 0 Å². The average Bonchev–Trinajstić information content (AvgIpc) is 2.37. The number of ether oxygens (including phenoxy) is 1. The highest BCUT2D eigenvalue weighted by molar-refractivity contribution is 6.06. The summed E-state index contributed by atoms with van der Waals surface area (Å²) in [5, 5.41) is 14.9. The maximum atomic E-state index is 12.5. The van der Waals surface area contributed by atoms with Crippen molar-refractivity contribution in [1.82, 2.24) is 5.32 Å². The van der Waals surface area contributed by atoms with E-state index in [1.807, 2.05) is 6.92 Å². The molecule has 0 aromatic carbocycles. The Hall–Kier alpha value is -1.30. The van der Waals surface area contributed by atoms with E-state index in [1.54, 1.807) is 0 Å². The Morgan fingerprint density at radius 2 is 2.00 bits per heavy atom. The van der Waals surface area contributed by atoms with Crippen LogP contribution in [0.3, 0.4) is 0 Å². The zero-order valence-electron chi connectivity index (χ0n) is 12.0. The normalized spacial score (nSPS) is 21.2. The highest BCUT2D eigenvalue weighted by Crippen LogP contribution is 2.31. The molecule has 0 aromatic rings. The molecule has 0 bridgehead atoms. The third-order valence-electron chi connectivity index (χ3n) is 3.58. The number of oxime groups is 1. The second-order valence-electron chi connectivity index (χ2n) is 5.68. The van der Waals surface area contributed by atoms with E-state index in [9.17, 15) is 4.79 Å². The van der Waals surface area contributed by atoms with Gasteiger partial charge in [-0.1, -0.05) is 19.0 Å². The summed E-state index contributed by atoms with van der Waals surface area (Å²) >= 11 is 0. The molecule has 0 aromatic heterocycles. The topological polar surface area (TPSA) is 96.9 Å². The zero-order valence-corrected chi connectivity index (χ0v) is 12.0. The largest absolute Gasteiger partial charge is 0.409 e. The fourth-order valence-electron chi connectivity index (χ4n) is 2.54. The minimum Gasteiger partial charge on any atom is -0.409 e. The van der Waals surface area contributed by atoms with E-state index >= 15 is 0 Å². The molecule has 0 aliphatic carbocycles.